The Bertz CT molecular complexity index is 1320. The first-order chi connectivity index (χ1) is 16.5. The molecular weight excluding hydrogens is 475 g/mol. The molecular formula is C22H17F5N6O2. The molecule has 1 aromatic carbocycles. The van der Waals surface area contributed by atoms with Gasteiger partial charge in [0.1, 0.15) is 11.6 Å². The molecule has 1 amide bonds. The van der Waals surface area contributed by atoms with Gasteiger partial charge in [0, 0.05) is 35.9 Å². The standard InChI is InChI=1S/C22H17F5N6O2/c1-11-16(6-8-30-19(11)29)35-17-5-4-12(9-15(17)24)32-21(34)13(10-28)18(22(25,26)27)33-20-14(23)3-2-7-31-20/h2-10H,28H2,1H3,(H2,29,30)(H,32,34). The number of benzene rings is 1. The number of hydrogen-bond donors (Lipinski definition) is 3. The van der Waals surface area contributed by atoms with Gasteiger partial charge in [0.15, 0.2) is 28.9 Å². The Morgan fingerprint density at radius 2 is 1.83 bits per heavy atom. The first-order valence-electron chi connectivity index (χ1n) is 9.69. The molecule has 35 heavy (non-hydrogen) atoms. The number of pyridine rings is 2. The summed E-state index contributed by atoms with van der Waals surface area (Å²) in [7, 11) is 0. The smallest absolute Gasteiger partial charge is 0.434 e. The van der Waals surface area contributed by atoms with Crippen LogP contribution in [0, 0.1) is 18.6 Å². The van der Waals surface area contributed by atoms with Crippen LogP contribution in [0.5, 0.6) is 11.5 Å². The summed E-state index contributed by atoms with van der Waals surface area (Å²) in [5.41, 5.74) is 8.27. The Kier molecular flexibility index (Phi) is 7.28. The van der Waals surface area contributed by atoms with Crippen molar-refractivity contribution in [2.45, 2.75) is 13.1 Å². The number of nitrogens with one attached hydrogen (secondary N) is 1. The van der Waals surface area contributed by atoms with Crippen molar-refractivity contribution in [1.82, 2.24) is 9.97 Å². The summed E-state index contributed by atoms with van der Waals surface area (Å²) < 4.78 is 74.6. The summed E-state index contributed by atoms with van der Waals surface area (Å²) >= 11 is 0. The summed E-state index contributed by atoms with van der Waals surface area (Å²) in [5, 5.41) is 2.09. The van der Waals surface area contributed by atoms with Gasteiger partial charge in [-0.2, -0.15) is 13.2 Å². The maximum absolute atomic E-state index is 14.6. The molecule has 0 aliphatic carbocycles. The van der Waals surface area contributed by atoms with Crippen LogP contribution in [0.1, 0.15) is 5.56 Å². The largest absolute Gasteiger partial charge is 0.454 e. The SMILES string of the molecule is Cc1c(Oc2ccc(NC(=O)C(=CN)C(=Nc3ncccc3F)C(F)(F)F)cc2F)ccnc1N. The fourth-order valence-electron chi connectivity index (χ4n) is 2.73. The van der Waals surface area contributed by atoms with Gasteiger partial charge in [0.05, 0.1) is 5.57 Å². The highest BCUT2D eigenvalue weighted by Gasteiger charge is 2.41. The maximum atomic E-state index is 14.6. The molecule has 0 bridgehead atoms. The summed E-state index contributed by atoms with van der Waals surface area (Å²) in [6.07, 6.45) is -2.45. The predicted molar refractivity (Wildman–Crippen MR) is 118 cm³/mol. The molecule has 3 aromatic rings. The summed E-state index contributed by atoms with van der Waals surface area (Å²) in [6, 6.07) is 6.62. The van der Waals surface area contributed by atoms with Crippen LogP contribution < -0.4 is 21.5 Å². The van der Waals surface area contributed by atoms with E-state index < -0.39 is 40.8 Å². The van der Waals surface area contributed by atoms with Crippen LogP contribution in [0.2, 0.25) is 0 Å². The van der Waals surface area contributed by atoms with E-state index in [1.54, 1.807) is 6.92 Å². The zero-order chi connectivity index (χ0) is 25.8. The van der Waals surface area contributed by atoms with Crippen molar-refractivity contribution in [2.24, 2.45) is 10.7 Å². The second-order valence-electron chi connectivity index (χ2n) is 6.87. The zero-order valence-corrected chi connectivity index (χ0v) is 17.9. The number of carbonyl (C=O) groups excluding carboxylic acids is 1. The highest BCUT2D eigenvalue weighted by Crippen LogP contribution is 2.31. The van der Waals surface area contributed by atoms with Crippen LogP contribution in [0.15, 0.2) is 65.6 Å². The Morgan fingerprint density at radius 3 is 2.46 bits per heavy atom. The molecule has 13 heteroatoms. The number of aliphatic imine (C=N–C) groups is 1. The molecule has 182 valence electrons. The lowest BCUT2D eigenvalue weighted by Crippen LogP contribution is -2.32. The van der Waals surface area contributed by atoms with Crippen LogP contribution >= 0.6 is 0 Å². The van der Waals surface area contributed by atoms with E-state index in [-0.39, 0.29) is 23.0 Å². The van der Waals surface area contributed by atoms with Gasteiger partial charge < -0.3 is 21.5 Å². The molecule has 0 aliphatic rings. The quantitative estimate of drug-likeness (QED) is 0.263. The molecule has 2 aromatic heterocycles. The lowest BCUT2D eigenvalue weighted by atomic mass is 10.1. The van der Waals surface area contributed by atoms with Crippen molar-refractivity contribution in [1.29, 1.82) is 0 Å². The number of rotatable bonds is 6. The molecule has 5 N–H and O–H groups in total. The maximum Gasteiger partial charge on any atom is 0.434 e. The van der Waals surface area contributed by atoms with Gasteiger partial charge in [-0.15, -0.1) is 0 Å². The van der Waals surface area contributed by atoms with Crippen molar-refractivity contribution in [2.75, 3.05) is 11.1 Å². The third-order valence-corrected chi connectivity index (χ3v) is 4.49. The third kappa shape index (κ3) is 5.88. The number of nitrogens with two attached hydrogens (primary N) is 2. The predicted octanol–water partition coefficient (Wildman–Crippen LogP) is 4.55. The molecule has 0 aliphatic heterocycles. The number of anilines is 2. The van der Waals surface area contributed by atoms with Gasteiger partial charge in [0.25, 0.3) is 5.91 Å². The normalized spacial score (nSPS) is 12.4. The Morgan fingerprint density at radius 1 is 1.09 bits per heavy atom. The molecule has 0 fully saturated rings. The molecule has 3 rings (SSSR count). The summed E-state index contributed by atoms with van der Waals surface area (Å²) in [4.78, 5) is 23.0. The monoisotopic (exact) mass is 492 g/mol. The molecule has 0 radical (unpaired) electrons. The van der Waals surface area contributed by atoms with E-state index in [0.29, 0.717) is 11.8 Å². The topological polar surface area (TPSA) is 129 Å². The number of alkyl halides is 3. The van der Waals surface area contributed by atoms with E-state index in [0.717, 1.165) is 30.5 Å². The fourth-order valence-corrected chi connectivity index (χ4v) is 2.73. The first kappa shape index (κ1) is 25.1. The van der Waals surface area contributed by atoms with Crippen molar-refractivity contribution < 1.29 is 31.5 Å². The number of hydrogen-bond acceptors (Lipinski definition) is 7. The van der Waals surface area contributed by atoms with Gasteiger partial charge in [-0.3, -0.25) is 4.79 Å². The number of ether oxygens (including phenoxy) is 1. The Labute approximate surface area is 195 Å². The lowest BCUT2D eigenvalue weighted by Gasteiger charge is -2.15. The van der Waals surface area contributed by atoms with E-state index in [1.165, 1.54) is 18.3 Å². The van der Waals surface area contributed by atoms with Crippen LogP contribution in [0.3, 0.4) is 0 Å². The molecule has 0 saturated carbocycles. The van der Waals surface area contributed by atoms with Crippen molar-refractivity contribution in [3.63, 3.8) is 0 Å². The van der Waals surface area contributed by atoms with Crippen LogP contribution in [-0.2, 0) is 4.79 Å². The highest BCUT2D eigenvalue weighted by atomic mass is 19.4. The van der Waals surface area contributed by atoms with Gasteiger partial charge in [-0.05, 0) is 37.3 Å². The average molecular weight is 492 g/mol. The number of amides is 1. The third-order valence-electron chi connectivity index (χ3n) is 4.49. The van der Waals surface area contributed by atoms with Crippen LogP contribution in [0.25, 0.3) is 0 Å². The fraction of sp³-hybridized carbons (Fsp3) is 0.0909. The van der Waals surface area contributed by atoms with E-state index in [4.69, 9.17) is 16.2 Å². The Hall–Kier alpha value is -4.55. The first-order valence-corrected chi connectivity index (χ1v) is 9.69. The minimum Gasteiger partial charge on any atom is -0.454 e. The zero-order valence-electron chi connectivity index (χ0n) is 17.9. The Balaban J connectivity index is 1.86. The molecule has 0 saturated heterocycles. The minimum atomic E-state index is -5.19. The molecule has 0 atom stereocenters. The highest BCUT2D eigenvalue weighted by molar-refractivity contribution is 6.27. The minimum absolute atomic E-state index is 0.181. The second-order valence-corrected chi connectivity index (χ2v) is 6.87. The lowest BCUT2D eigenvalue weighted by molar-refractivity contribution is -0.113. The van der Waals surface area contributed by atoms with Gasteiger partial charge in [-0.25, -0.2) is 23.7 Å². The molecule has 2 heterocycles. The number of aromatic nitrogens is 2. The van der Waals surface area contributed by atoms with E-state index >= 15 is 0 Å². The van der Waals surface area contributed by atoms with Gasteiger partial charge in [-0.1, -0.05) is 0 Å². The number of carbonyl (C=O) groups is 1. The van der Waals surface area contributed by atoms with Crippen molar-refractivity contribution in [3.8, 4) is 11.5 Å². The number of nitrogens with zero attached hydrogens (tertiary/aromatic N) is 3. The van der Waals surface area contributed by atoms with Crippen molar-refractivity contribution in [3.05, 3.63) is 77.8 Å². The molecule has 0 spiro atoms. The molecule has 0 unspecified atom stereocenters. The summed E-state index contributed by atoms with van der Waals surface area (Å²) in [5.74, 6) is -4.17. The summed E-state index contributed by atoms with van der Waals surface area (Å²) in [6.45, 7) is 1.61. The number of halogens is 5. The van der Waals surface area contributed by atoms with Crippen LogP contribution in [-0.4, -0.2) is 27.8 Å². The van der Waals surface area contributed by atoms with E-state index in [2.05, 4.69) is 20.3 Å². The molecule has 8 nitrogen and oxygen atoms in total. The van der Waals surface area contributed by atoms with Crippen LogP contribution in [0.4, 0.5) is 39.3 Å². The average Bonchev–Trinajstić information content (AvgIpc) is 2.79. The van der Waals surface area contributed by atoms with E-state index in [1.807, 2.05) is 0 Å². The second kappa shape index (κ2) is 10.2. The van der Waals surface area contributed by atoms with Gasteiger partial charge >= 0.3 is 6.18 Å². The van der Waals surface area contributed by atoms with Crippen molar-refractivity contribution >= 4 is 28.9 Å². The van der Waals surface area contributed by atoms with E-state index in [9.17, 15) is 26.7 Å². The number of nitrogen functional groups attached to an aromatic ring is 1. The van der Waals surface area contributed by atoms with Gasteiger partial charge in [0.2, 0.25) is 0 Å².